The summed E-state index contributed by atoms with van der Waals surface area (Å²) in [5.41, 5.74) is 5.82. The Morgan fingerprint density at radius 2 is 1.59 bits per heavy atom. The molecule has 0 amide bonds. The van der Waals surface area contributed by atoms with Gasteiger partial charge in [-0.15, -0.1) is 0 Å². The first kappa shape index (κ1) is 15.8. The van der Waals surface area contributed by atoms with Crippen LogP contribution in [0, 0.1) is 6.92 Å². The molecular formula is C22H22. The zero-order valence-corrected chi connectivity index (χ0v) is 13.4. The summed E-state index contributed by atoms with van der Waals surface area (Å²) in [6.07, 6.45) is 11.9. The van der Waals surface area contributed by atoms with Gasteiger partial charge >= 0.3 is 0 Å². The molecular weight excluding hydrogens is 264 g/mol. The second kappa shape index (κ2) is 6.91. The molecule has 0 spiro atoms. The van der Waals surface area contributed by atoms with Crippen LogP contribution in [0.4, 0.5) is 0 Å². The van der Waals surface area contributed by atoms with Gasteiger partial charge in [0.1, 0.15) is 0 Å². The smallest absolute Gasteiger partial charge is 0.00270 e. The number of hydrogen-bond acceptors (Lipinski definition) is 0. The molecule has 0 fully saturated rings. The van der Waals surface area contributed by atoms with Crippen LogP contribution in [-0.4, -0.2) is 0 Å². The lowest BCUT2D eigenvalue weighted by molar-refractivity contribution is 1.46. The summed E-state index contributed by atoms with van der Waals surface area (Å²) in [5.74, 6) is 0. The van der Waals surface area contributed by atoms with Crippen LogP contribution in [0.15, 0.2) is 68.3 Å². The maximum Gasteiger partial charge on any atom is -0.00270 e. The standard InChI is InChI=1S/C22H22/c1-6-12-17(13-7-2)22-19(9-4)18(8-3)16(5)20-14-10-11-15-21(20)22/h6-15H,1,3-4H2,2,5H3/b13-7-,17-12+. The first-order chi connectivity index (χ1) is 10.7. The molecule has 0 unspecified atom stereocenters. The Morgan fingerprint density at radius 1 is 0.955 bits per heavy atom. The summed E-state index contributed by atoms with van der Waals surface area (Å²) in [7, 11) is 0. The molecule has 110 valence electrons. The average Bonchev–Trinajstić information content (AvgIpc) is 2.54. The maximum atomic E-state index is 4.03. The van der Waals surface area contributed by atoms with Gasteiger partial charge in [0.05, 0.1) is 0 Å². The van der Waals surface area contributed by atoms with E-state index in [2.05, 4.69) is 57.0 Å². The van der Waals surface area contributed by atoms with Gasteiger partial charge in [-0.25, -0.2) is 0 Å². The molecule has 0 heterocycles. The molecule has 0 atom stereocenters. The number of allylic oxidation sites excluding steroid dienone is 5. The maximum absolute atomic E-state index is 4.03. The van der Waals surface area contributed by atoms with Crippen LogP contribution < -0.4 is 0 Å². The fourth-order valence-corrected chi connectivity index (χ4v) is 2.97. The van der Waals surface area contributed by atoms with Crippen LogP contribution >= 0.6 is 0 Å². The van der Waals surface area contributed by atoms with Gasteiger partial charge in [-0.05, 0) is 52.4 Å². The van der Waals surface area contributed by atoms with Crippen molar-refractivity contribution in [3.63, 3.8) is 0 Å². The largest absolute Gasteiger partial charge is 0.0990 e. The molecule has 2 rings (SSSR count). The number of rotatable bonds is 5. The average molecular weight is 286 g/mol. The van der Waals surface area contributed by atoms with E-state index < -0.39 is 0 Å². The van der Waals surface area contributed by atoms with Gasteiger partial charge in [0.15, 0.2) is 0 Å². The van der Waals surface area contributed by atoms with Crippen LogP contribution in [-0.2, 0) is 0 Å². The minimum absolute atomic E-state index is 1.12. The van der Waals surface area contributed by atoms with Crippen molar-refractivity contribution >= 4 is 28.5 Å². The second-order valence-corrected chi connectivity index (χ2v) is 5.14. The highest BCUT2D eigenvalue weighted by atomic mass is 14.2. The third kappa shape index (κ3) is 2.60. The van der Waals surface area contributed by atoms with Crippen LogP contribution in [0.1, 0.15) is 29.2 Å². The van der Waals surface area contributed by atoms with E-state index in [1.807, 2.05) is 37.3 Å². The van der Waals surface area contributed by atoms with Gasteiger partial charge in [-0.2, -0.15) is 0 Å². The fourth-order valence-electron chi connectivity index (χ4n) is 2.97. The van der Waals surface area contributed by atoms with Gasteiger partial charge < -0.3 is 0 Å². The third-order valence-corrected chi connectivity index (χ3v) is 3.90. The van der Waals surface area contributed by atoms with E-state index in [0.717, 1.165) is 16.7 Å². The molecule has 22 heavy (non-hydrogen) atoms. The van der Waals surface area contributed by atoms with Crippen molar-refractivity contribution in [3.8, 4) is 0 Å². The van der Waals surface area contributed by atoms with E-state index in [1.165, 1.54) is 21.9 Å². The lowest BCUT2D eigenvalue weighted by atomic mass is 9.86. The molecule has 0 aromatic heterocycles. The Labute approximate surface area is 133 Å². The fraction of sp³-hybridized carbons (Fsp3) is 0.0909. The summed E-state index contributed by atoms with van der Waals surface area (Å²) >= 11 is 0. The Kier molecular flexibility index (Phi) is 4.95. The number of aryl methyl sites for hydroxylation is 1. The van der Waals surface area contributed by atoms with Crippen LogP contribution in [0.25, 0.3) is 28.5 Å². The quantitative estimate of drug-likeness (QED) is 0.544. The molecule has 0 aliphatic heterocycles. The van der Waals surface area contributed by atoms with E-state index in [0.29, 0.717) is 0 Å². The SMILES string of the molecule is C=C/C=C(\C=C/C)c1c(C=C)c(C=C)c(C)c2ccccc12. The first-order valence-electron chi connectivity index (χ1n) is 7.45. The van der Waals surface area contributed by atoms with Crippen LogP contribution in [0.2, 0.25) is 0 Å². The second-order valence-electron chi connectivity index (χ2n) is 5.14. The van der Waals surface area contributed by atoms with Crippen molar-refractivity contribution in [2.45, 2.75) is 13.8 Å². The van der Waals surface area contributed by atoms with Gasteiger partial charge in [-0.1, -0.05) is 80.5 Å². The summed E-state index contributed by atoms with van der Waals surface area (Å²) in [6, 6.07) is 8.48. The van der Waals surface area contributed by atoms with Crippen molar-refractivity contribution in [3.05, 3.63) is 90.6 Å². The van der Waals surface area contributed by atoms with Gasteiger partial charge in [0, 0.05) is 0 Å². The van der Waals surface area contributed by atoms with E-state index >= 15 is 0 Å². The molecule has 0 nitrogen and oxygen atoms in total. The van der Waals surface area contributed by atoms with E-state index in [4.69, 9.17) is 0 Å². The highest BCUT2D eigenvalue weighted by Gasteiger charge is 2.15. The summed E-state index contributed by atoms with van der Waals surface area (Å²) < 4.78 is 0. The number of benzene rings is 2. The number of hydrogen-bond donors (Lipinski definition) is 0. The molecule has 0 bridgehead atoms. The highest BCUT2D eigenvalue weighted by Crippen LogP contribution is 2.36. The molecule has 0 aliphatic rings. The Bertz CT molecular complexity index is 798. The highest BCUT2D eigenvalue weighted by molar-refractivity contribution is 6.03. The zero-order valence-electron chi connectivity index (χ0n) is 13.4. The molecule has 0 aliphatic carbocycles. The third-order valence-electron chi connectivity index (χ3n) is 3.90. The van der Waals surface area contributed by atoms with Crippen molar-refractivity contribution in [2.24, 2.45) is 0 Å². The van der Waals surface area contributed by atoms with Crippen molar-refractivity contribution < 1.29 is 0 Å². The van der Waals surface area contributed by atoms with Crippen LogP contribution in [0.5, 0.6) is 0 Å². The van der Waals surface area contributed by atoms with Gasteiger partial charge in [-0.3, -0.25) is 0 Å². The molecule has 0 heteroatoms. The lowest BCUT2D eigenvalue weighted by Gasteiger charge is -2.18. The van der Waals surface area contributed by atoms with Gasteiger partial charge in [0.25, 0.3) is 0 Å². The molecule has 2 aromatic rings. The normalized spacial score (nSPS) is 11.8. The zero-order chi connectivity index (χ0) is 16.1. The molecule has 2 aromatic carbocycles. The van der Waals surface area contributed by atoms with Crippen molar-refractivity contribution in [1.82, 2.24) is 0 Å². The Morgan fingerprint density at radius 3 is 2.14 bits per heavy atom. The van der Waals surface area contributed by atoms with Gasteiger partial charge in [0.2, 0.25) is 0 Å². The molecule has 0 saturated heterocycles. The first-order valence-corrected chi connectivity index (χ1v) is 7.45. The lowest BCUT2D eigenvalue weighted by Crippen LogP contribution is -1.97. The predicted molar refractivity (Wildman–Crippen MR) is 102 cm³/mol. The Balaban J connectivity index is 3.07. The molecule has 0 saturated carbocycles. The number of fused-ring (bicyclic) bond motifs is 1. The summed E-state index contributed by atoms with van der Waals surface area (Å²) in [5, 5.41) is 2.48. The van der Waals surface area contributed by atoms with E-state index in [1.54, 1.807) is 0 Å². The summed E-state index contributed by atoms with van der Waals surface area (Å²) in [4.78, 5) is 0. The minimum Gasteiger partial charge on any atom is -0.0990 e. The van der Waals surface area contributed by atoms with E-state index in [9.17, 15) is 0 Å². The van der Waals surface area contributed by atoms with E-state index in [-0.39, 0.29) is 0 Å². The van der Waals surface area contributed by atoms with Crippen LogP contribution in [0.3, 0.4) is 0 Å². The predicted octanol–water partition coefficient (Wildman–Crippen LogP) is 6.58. The Hall–Kier alpha value is -2.60. The topological polar surface area (TPSA) is 0 Å². The minimum atomic E-state index is 1.12. The molecule has 0 N–H and O–H groups in total. The van der Waals surface area contributed by atoms with Crippen molar-refractivity contribution in [1.29, 1.82) is 0 Å². The molecule has 0 radical (unpaired) electrons. The monoisotopic (exact) mass is 286 g/mol. The van der Waals surface area contributed by atoms with Crippen molar-refractivity contribution in [2.75, 3.05) is 0 Å². The summed E-state index contributed by atoms with van der Waals surface area (Å²) in [6.45, 7) is 16.0.